The van der Waals surface area contributed by atoms with Gasteiger partial charge in [0.15, 0.2) is 0 Å². The van der Waals surface area contributed by atoms with E-state index in [0.717, 1.165) is 58.4 Å². The number of likely N-dealkylation sites (tertiary alicyclic amines) is 1. The van der Waals surface area contributed by atoms with Crippen LogP contribution in [0.3, 0.4) is 0 Å². The average Bonchev–Trinajstić information content (AvgIpc) is 2.73. The van der Waals surface area contributed by atoms with Crippen LogP contribution in [0.4, 0.5) is 0 Å². The van der Waals surface area contributed by atoms with Gasteiger partial charge in [-0.1, -0.05) is 55.5 Å². The summed E-state index contributed by atoms with van der Waals surface area (Å²) in [4.78, 5) is 17.7. The number of carbonyl (C=O) groups is 1. The molecule has 2 aliphatic rings. The van der Waals surface area contributed by atoms with Crippen molar-refractivity contribution in [3.05, 3.63) is 70.8 Å². The lowest BCUT2D eigenvalue weighted by atomic mass is 9.93. The van der Waals surface area contributed by atoms with Gasteiger partial charge in [0.2, 0.25) is 5.91 Å². The van der Waals surface area contributed by atoms with Gasteiger partial charge in [-0.25, -0.2) is 0 Å². The zero-order valence-electron chi connectivity index (χ0n) is 16.4. The molecular formula is C24H30N2O. The maximum Gasteiger partial charge on any atom is 0.227 e. The minimum absolute atomic E-state index is 0.152. The standard InChI is InChI=1S/C24H30N2O/c1-2-19-9-11-20(12-10-19)16-25-14-5-8-23(17-25)24(27)26-15-13-21-6-3-4-7-22(21)18-26/h3-4,6-7,9-12,23H,2,5,8,13-18H2,1H3. The van der Waals surface area contributed by atoms with Crippen LogP contribution in [0, 0.1) is 5.92 Å². The van der Waals surface area contributed by atoms with Crippen molar-refractivity contribution in [2.75, 3.05) is 19.6 Å². The van der Waals surface area contributed by atoms with Crippen LogP contribution in [0.25, 0.3) is 0 Å². The molecule has 1 amide bonds. The number of nitrogens with zero attached hydrogens (tertiary/aromatic N) is 2. The number of hydrogen-bond donors (Lipinski definition) is 0. The predicted molar refractivity (Wildman–Crippen MR) is 109 cm³/mol. The molecule has 1 fully saturated rings. The molecule has 0 spiro atoms. The Hall–Kier alpha value is -2.13. The highest BCUT2D eigenvalue weighted by molar-refractivity contribution is 5.79. The first-order chi connectivity index (χ1) is 13.2. The van der Waals surface area contributed by atoms with E-state index in [0.29, 0.717) is 5.91 Å². The van der Waals surface area contributed by atoms with E-state index in [1.165, 1.54) is 22.3 Å². The molecule has 0 N–H and O–H groups in total. The molecule has 0 aromatic heterocycles. The number of fused-ring (bicyclic) bond motifs is 1. The highest BCUT2D eigenvalue weighted by Gasteiger charge is 2.30. The second-order valence-corrected chi connectivity index (χ2v) is 8.02. The van der Waals surface area contributed by atoms with Crippen molar-refractivity contribution >= 4 is 5.91 Å². The second-order valence-electron chi connectivity index (χ2n) is 8.02. The molecule has 0 radical (unpaired) electrons. The van der Waals surface area contributed by atoms with Crippen molar-refractivity contribution < 1.29 is 4.79 Å². The van der Waals surface area contributed by atoms with E-state index in [4.69, 9.17) is 0 Å². The Morgan fingerprint density at radius 2 is 1.74 bits per heavy atom. The third kappa shape index (κ3) is 4.24. The van der Waals surface area contributed by atoms with Crippen LogP contribution < -0.4 is 0 Å². The SMILES string of the molecule is CCc1ccc(CN2CCCC(C(=O)N3CCc4ccccc4C3)C2)cc1. The minimum Gasteiger partial charge on any atom is -0.338 e. The highest BCUT2D eigenvalue weighted by Crippen LogP contribution is 2.25. The van der Waals surface area contributed by atoms with Crippen LogP contribution in [-0.4, -0.2) is 35.3 Å². The molecule has 0 bridgehead atoms. The molecule has 1 atom stereocenters. The quantitative estimate of drug-likeness (QED) is 0.819. The maximum atomic E-state index is 13.1. The lowest BCUT2D eigenvalue weighted by Gasteiger charge is -2.36. The number of amides is 1. The molecule has 2 aromatic rings. The molecular weight excluding hydrogens is 332 g/mol. The van der Waals surface area contributed by atoms with E-state index >= 15 is 0 Å². The van der Waals surface area contributed by atoms with Gasteiger partial charge in [-0.15, -0.1) is 0 Å². The van der Waals surface area contributed by atoms with Gasteiger partial charge in [0.05, 0.1) is 5.92 Å². The Labute approximate surface area is 163 Å². The van der Waals surface area contributed by atoms with Crippen molar-refractivity contribution in [2.45, 2.75) is 45.7 Å². The molecule has 0 saturated carbocycles. The van der Waals surface area contributed by atoms with Gasteiger partial charge in [-0.2, -0.15) is 0 Å². The van der Waals surface area contributed by atoms with E-state index in [1.807, 2.05) is 0 Å². The molecule has 1 saturated heterocycles. The smallest absolute Gasteiger partial charge is 0.227 e. The summed E-state index contributed by atoms with van der Waals surface area (Å²) in [7, 11) is 0. The van der Waals surface area contributed by atoms with E-state index < -0.39 is 0 Å². The highest BCUT2D eigenvalue weighted by atomic mass is 16.2. The summed E-state index contributed by atoms with van der Waals surface area (Å²) < 4.78 is 0. The van der Waals surface area contributed by atoms with E-state index in [1.54, 1.807) is 0 Å². The first-order valence-corrected chi connectivity index (χ1v) is 10.4. The average molecular weight is 363 g/mol. The lowest BCUT2D eigenvalue weighted by molar-refractivity contribution is -0.138. The molecule has 3 nitrogen and oxygen atoms in total. The summed E-state index contributed by atoms with van der Waals surface area (Å²) in [6.45, 7) is 6.79. The number of piperidine rings is 1. The summed E-state index contributed by atoms with van der Waals surface area (Å²) in [6, 6.07) is 17.5. The van der Waals surface area contributed by atoms with Gasteiger partial charge in [-0.05, 0) is 54.5 Å². The van der Waals surface area contributed by atoms with Crippen molar-refractivity contribution in [2.24, 2.45) is 5.92 Å². The Morgan fingerprint density at radius 1 is 1.00 bits per heavy atom. The van der Waals surface area contributed by atoms with E-state index in [2.05, 4.69) is 65.3 Å². The fourth-order valence-corrected chi connectivity index (χ4v) is 4.48. The van der Waals surface area contributed by atoms with Gasteiger partial charge in [0.25, 0.3) is 0 Å². The van der Waals surface area contributed by atoms with Crippen LogP contribution >= 0.6 is 0 Å². The number of benzene rings is 2. The minimum atomic E-state index is 0.152. The number of aryl methyl sites for hydroxylation is 1. The van der Waals surface area contributed by atoms with Gasteiger partial charge in [0, 0.05) is 26.2 Å². The fraction of sp³-hybridized carbons (Fsp3) is 0.458. The Morgan fingerprint density at radius 3 is 2.52 bits per heavy atom. The summed E-state index contributed by atoms with van der Waals surface area (Å²) >= 11 is 0. The van der Waals surface area contributed by atoms with Gasteiger partial charge >= 0.3 is 0 Å². The van der Waals surface area contributed by atoms with Crippen molar-refractivity contribution in [1.82, 2.24) is 9.80 Å². The van der Waals surface area contributed by atoms with Gasteiger partial charge in [-0.3, -0.25) is 9.69 Å². The summed E-state index contributed by atoms with van der Waals surface area (Å²) in [6.07, 6.45) is 4.22. The van der Waals surface area contributed by atoms with Crippen molar-refractivity contribution in [3.8, 4) is 0 Å². The molecule has 2 aliphatic heterocycles. The van der Waals surface area contributed by atoms with Crippen molar-refractivity contribution in [1.29, 1.82) is 0 Å². The first kappa shape index (κ1) is 18.2. The molecule has 3 heteroatoms. The van der Waals surface area contributed by atoms with Crippen molar-refractivity contribution in [3.63, 3.8) is 0 Å². The Bertz CT molecular complexity index is 783. The maximum absolute atomic E-state index is 13.1. The van der Waals surface area contributed by atoms with Gasteiger partial charge in [0.1, 0.15) is 0 Å². The Balaban J connectivity index is 1.37. The number of rotatable bonds is 4. The molecule has 27 heavy (non-hydrogen) atoms. The molecule has 0 aliphatic carbocycles. The number of hydrogen-bond acceptors (Lipinski definition) is 2. The zero-order valence-corrected chi connectivity index (χ0v) is 16.4. The zero-order chi connectivity index (χ0) is 18.6. The second kappa shape index (κ2) is 8.26. The summed E-state index contributed by atoms with van der Waals surface area (Å²) in [5.74, 6) is 0.509. The fourth-order valence-electron chi connectivity index (χ4n) is 4.48. The Kier molecular flexibility index (Phi) is 5.58. The molecule has 4 rings (SSSR count). The van der Waals surface area contributed by atoms with Crippen LogP contribution in [-0.2, 0) is 30.7 Å². The van der Waals surface area contributed by atoms with Crippen LogP contribution in [0.1, 0.15) is 42.0 Å². The van der Waals surface area contributed by atoms with Crippen LogP contribution in [0.2, 0.25) is 0 Å². The van der Waals surface area contributed by atoms with Crippen LogP contribution in [0.15, 0.2) is 48.5 Å². The third-order valence-corrected chi connectivity index (χ3v) is 6.13. The predicted octanol–water partition coefficient (Wildman–Crippen LogP) is 4.05. The van der Waals surface area contributed by atoms with E-state index in [-0.39, 0.29) is 5.92 Å². The largest absolute Gasteiger partial charge is 0.338 e. The summed E-state index contributed by atoms with van der Waals surface area (Å²) in [5.41, 5.74) is 5.46. The third-order valence-electron chi connectivity index (χ3n) is 6.13. The molecule has 2 heterocycles. The van der Waals surface area contributed by atoms with Gasteiger partial charge < -0.3 is 4.90 Å². The van der Waals surface area contributed by atoms with E-state index in [9.17, 15) is 4.79 Å². The molecule has 1 unspecified atom stereocenters. The number of carbonyl (C=O) groups excluding carboxylic acids is 1. The topological polar surface area (TPSA) is 23.6 Å². The molecule has 2 aromatic carbocycles. The normalized spacial score (nSPS) is 20.3. The van der Waals surface area contributed by atoms with Crippen LogP contribution in [0.5, 0.6) is 0 Å². The molecule has 142 valence electrons. The monoisotopic (exact) mass is 362 g/mol. The summed E-state index contributed by atoms with van der Waals surface area (Å²) in [5, 5.41) is 0. The lowest BCUT2D eigenvalue weighted by Crippen LogP contribution is -2.46. The first-order valence-electron chi connectivity index (χ1n) is 10.4.